The van der Waals surface area contributed by atoms with E-state index in [-0.39, 0.29) is 18.1 Å². The first-order valence-electron chi connectivity index (χ1n) is 11.3. The Balaban J connectivity index is 1.62. The number of hydrogen-bond acceptors (Lipinski definition) is 5. The second kappa shape index (κ2) is 7.77. The fraction of sp³-hybridized carbons (Fsp3) is 0.143. The van der Waals surface area contributed by atoms with Crippen molar-refractivity contribution in [3.8, 4) is 11.5 Å². The molecule has 7 nitrogen and oxygen atoms in total. The van der Waals surface area contributed by atoms with Gasteiger partial charge in [0.25, 0.3) is 11.7 Å². The molecular weight excluding hydrogens is 444 g/mol. The Labute approximate surface area is 201 Å². The molecule has 174 valence electrons. The molecule has 4 aromatic rings. The molecule has 1 aromatic heterocycles. The number of aliphatic hydroxyl groups excluding tert-OH is 1. The summed E-state index contributed by atoms with van der Waals surface area (Å²) in [7, 11) is 0. The molecule has 1 fully saturated rings. The minimum atomic E-state index is -0.841. The van der Waals surface area contributed by atoms with Crippen LogP contribution in [0.3, 0.4) is 0 Å². The van der Waals surface area contributed by atoms with Gasteiger partial charge in [-0.25, -0.2) is 0 Å². The average Bonchev–Trinajstić information content (AvgIpc) is 3.56. The number of carbonyl (C=O) groups excluding carboxylic acids is 2. The van der Waals surface area contributed by atoms with Crippen LogP contribution in [0.5, 0.6) is 11.5 Å². The third-order valence-electron chi connectivity index (χ3n) is 6.64. The Kier molecular flexibility index (Phi) is 4.67. The number of aliphatic hydroxyl groups is 1. The lowest BCUT2D eigenvalue weighted by atomic mass is 9.93. The number of nitrogens with zero attached hydrogens (tertiary/aromatic N) is 1. The summed E-state index contributed by atoms with van der Waals surface area (Å²) < 4.78 is 10.9. The van der Waals surface area contributed by atoms with Gasteiger partial charge < -0.3 is 19.6 Å². The van der Waals surface area contributed by atoms with Crippen molar-refractivity contribution < 1.29 is 24.2 Å². The van der Waals surface area contributed by atoms with Crippen molar-refractivity contribution in [1.82, 2.24) is 4.98 Å². The van der Waals surface area contributed by atoms with Crippen molar-refractivity contribution in [3.63, 3.8) is 0 Å². The number of para-hydroxylation sites is 1. The van der Waals surface area contributed by atoms with E-state index in [1.807, 2.05) is 56.3 Å². The molecule has 6 rings (SSSR count). The number of hydrogen-bond donors (Lipinski definition) is 2. The van der Waals surface area contributed by atoms with Crippen LogP contribution in [0.4, 0.5) is 5.69 Å². The Hall–Kier alpha value is -4.52. The van der Waals surface area contributed by atoms with Crippen LogP contribution in [0, 0.1) is 13.8 Å². The molecule has 1 unspecified atom stereocenters. The first-order chi connectivity index (χ1) is 16.9. The van der Waals surface area contributed by atoms with E-state index >= 15 is 0 Å². The molecule has 1 amide bonds. The van der Waals surface area contributed by atoms with Crippen molar-refractivity contribution >= 4 is 34.0 Å². The molecule has 2 aliphatic rings. The molecule has 1 atom stereocenters. The van der Waals surface area contributed by atoms with Gasteiger partial charge in [-0.15, -0.1) is 0 Å². The van der Waals surface area contributed by atoms with Crippen LogP contribution >= 0.6 is 0 Å². The molecule has 2 N–H and O–H groups in total. The maximum absolute atomic E-state index is 13.5. The predicted octanol–water partition coefficient (Wildman–Crippen LogP) is 5.14. The van der Waals surface area contributed by atoms with Gasteiger partial charge in [0.1, 0.15) is 5.76 Å². The van der Waals surface area contributed by atoms with Crippen LogP contribution < -0.4 is 14.4 Å². The molecule has 0 bridgehead atoms. The van der Waals surface area contributed by atoms with Gasteiger partial charge in [0.2, 0.25) is 6.79 Å². The highest BCUT2D eigenvalue weighted by Crippen LogP contribution is 2.46. The maximum Gasteiger partial charge on any atom is 0.300 e. The van der Waals surface area contributed by atoms with Crippen LogP contribution in [0.25, 0.3) is 16.7 Å². The summed E-state index contributed by atoms with van der Waals surface area (Å²) in [5, 5.41) is 12.4. The van der Waals surface area contributed by atoms with Gasteiger partial charge >= 0.3 is 0 Å². The molecule has 1 saturated heterocycles. The van der Waals surface area contributed by atoms with E-state index in [0.29, 0.717) is 28.3 Å². The summed E-state index contributed by atoms with van der Waals surface area (Å²) in [4.78, 5) is 31.7. The van der Waals surface area contributed by atoms with E-state index in [1.165, 1.54) is 4.90 Å². The highest BCUT2D eigenvalue weighted by atomic mass is 16.7. The average molecular weight is 466 g/mol. The van der Waals surface area contributed by atoms with E-state index in [0.717, 1.165) is 22.0 Å². The van der Waals surface area contributed by atoms with E-state index in [4.69, 9.17) is 9.47 Å². The van der Waals surface area contributed by atoms with E-state index in [9.17, 15) is 14.7 Å². The molecule has 35 heavy (non-hydrogen) atoms. The Morgan fingerprint density at radius 2 is 1.80 bits per heavy atom. The number of H-pyrrole nitrogens is 1. The lowest BCUT2D eigenvalue weighted by Crippen LogP contribution is -2.29. The summed E-state index contributed by atoms with van der Waals surface area (Å²) >= 11 is 0. The number of Topliss-reactive ketones (excluding diaryl/α,β-unsaturated/α-hetero) is 1. The summed E-state index contributed by atoms with van der Waals surface area (Å²) in [6.07, 6.45) is 1.79. The topological polar surface area (TPSA) is 91.9 Å². The van der Waals surface area contributed by atoms with E-state index in [2.05, 4.69) is 4.98 Å². The number of ether oxygens (including phenoxy) is 2. The molecule has 7 heteroatoms. The molecule has 3 heterocycles. The molecule has 0 spiro atoms. The second-order valence-electron chi connectivity index (χ2n) is 8.81. The maximum atomic E-state index is 13.5. The minimum absolute atomic E-state index is 0.0473. The first kappa shape index (κ1) is 21.0. The molecule has 0 radical (unpaired) electrons. The fourth-order valence-electron chi connectivity index (χ4n) is 4.88. The van der Waals surface area contributed by atoms with Crippen molar-refractivity contribution in [2.75, 3.05) is 11.7 Å². The number of aryl methyl sites for hydroxylation is 2. The van der Waals surface area contributed by atoms with Crippen LogP contribution in [-0.4, -0.2) is 28.6 Å². The SMILES string of the molecule is Cc1ccc(C)c(/C(O)=C2\C(=O)C(=O)N(c3ccc4c(c3)OCO4)C2c2c[nH]c3ccccc23)c1. The first-order valence-corrected chi connectivity index (χ1v) is 11.3. The lowest BCUT2D eigenvalue weighted by Gasteiger charge is -2.25. The Morgan fingerprint density at radius 1 is 1.00 bits per heavy atom. The van der Waals surface area contributed by atoms with Crippen LogP contribution in [0.15, 0.2) is 72.4 Å². The number of ketones is 1. The molecular formula is C28H22N2O5. The molecule has 0 aliphatic carbocycles. The van der Waals surface area contributed by atoms with E-state index in [1.54, 1.807) is 24.4 Å². The largest absolute Gasteiger partial charge is 0.507 e. The third-order valence-corrected chi connectivity index (χ3v) is 6.64. The van der Waals surface area contributed by atoms with E-state index < -0.39 is 17.7 Å². The van der Waals surface area contributed by atoms with Crippen molar-refractivity contribution in [1.29, 1.82) is 0 Å². The molecule has 0 saturated carbocycles. The van der Waals surface area contributed by atoms with Crippen molar-refractivity contribution in [2.45, 2.75) is 19.9 Å². The Morgan fingerprint density at radius 3 is 2.66 bits per heavy atom. The summed E-state index contributed by atoms with van der Waals surface area (Å²) in [5.41, 5.74) is 4.37. The number of fused-ring (bicyclic) bond motifs is 2. The number of benzene rings is 3. The second-order valence-corrected chi connectivity index (χ2v) is 8.81. The monoisotopic (exact) mass is 466 g/mol. The summed E-state index contributed by atoms with van der Waals surface area (Å²) in [6, 6.07) is 17.6. The number of nitrogens with one attached hydrogen (secondary N) is 1. The quantitative estimate of drug-likeness (QED) is 0.248. The van der Waals surface area contributed by atoms with Crippen LogP contribution in [0.2, 0.25) is 0 Å². The van der Waals surface area contributed by atoms with Crippen LogP contribution in [-0.2, 0) is 9.59 Å². The van der Waals surface area contributed by atoms with Gasteiger partial charge in [-0.3, -0.25) is 14.5 Å². The zero-order chi connectivity index (χ0) is 24.3. The normalized spacial score (nSPS) is 18.6. The molecule has 2 aliphatic heterocycles. The predicted molar refractivity (Wildman–Crippen MR) is 132 cm³/mol. The number of carbonyl (C=O) groups is 2. The molecule has 3 aromatic carbocycles. The summed E-state index contributed by atoms with van der Waals surface area (Å²) in [6.45, 7) is 3.87. The number of anilines is 1. The number of aromatic amines is 1. The standard InChI is InChI=1S/C28H22N2O5/c1-15-7-8-16(2)19(11-15)26(31)24-25(20-13-29-21-6-4-3-5-18(20)21)30(28(33)27(24)32)17-9-10-22-23(12-17)35-14-34-22/h3-13,25,29,31H,14H2,1-2H3/b26-24+. The third kappa shape index (κ3) is 3.19. The zero-order valence-corrected chi connectivity index (χ0v) is 19.2. The van der Waals surface area contributed by atoms with Gasteiger partial charge in [0, 0.05) is 40.0 Å². The zero-order valence-electron chi connectivity index (χ0n) is 19.2. The number of aromatic nitrogens is 1. The van der Waals surface area contributed by atoms with Gasteiger partial charge in [0.05, 0.1) is 11.6 Å². The van der Waals surface area contributed by atoms with Gasteiger partial charge in [0.15, 0.2) is 11.5 Å². The van der Waals surface area contributed by atoms with Crippen molar-refractivity contribution in [2.24, 2.45) is 0 Å². The smallest absolute Gasteiger partial charge is 0.300 e. The Bertz CT molecular complexity index is 1560. The summed E-state index contributed by atoms with van der Waals surface area (Å²) in [5.74, 6) is -0.577. The highest BCUT2D eigenvalue weighted by molar-refractivity contribution is 6.52. The van der Waals surface area contributed by atoms with Gasteiger partial charge in [-0.1, -0.05) is 35.9 Å². The number of amides is 1. The van der Waals surface area contributed by atoms with Crippen LogP contribution in [0.1, 0.15) is 28.3 Å². The van der Waals surface area contributed by atoms with Gasteiger partial charge in [-0.2, -0.15) is 0 Å². The van der Waals surface area contributed by atoms with Crippen molar-refractivity contribution in [3.05, 3.63) is 94.7 Å². The minimum Gasteiger partial charge on any atom is -0.507 e. The highest BCUT2D eigenvalue weighted by Gasteiger charge is 2.48. The fourth-order valence-corrected chi connectivity index (χ4v) is 4.88. The van der Waals surface area contributed by atoms with Gasteiger partial charge in [-0.05, 0) is 43.7 Å². The lowest BCUT2D eigenvalue weighted by molar-refractivity contribution is -0.132. The number of rotatable bonds is 3.